The van der Waals surface area contributed by atoms with E-state index in [4.69, 9.17) is 0 Å². The molecule has 2 unspecified atom stereocenters. The van der Waals surface area contributed by atoms with Gasteiger partial charge < -0.3 is 10.6 Å². The molecule has 3 N–H and O–H groups in total. The van der Waals surface area contributed by atoms with E-state index in [-0.39, 0.29) is 5.91 Å². The number of hydrogen-bond acceptors (Lipinski definition) is 3. The molecule has 1 fully saturated rings. The number of rotatable bonds is 4. The van der Waals surface area contributed by atoms with E-state index in [9.17, 15) is 4.79 Å². The first kappa shape index (κ1) is 14.1. The number of anilines is 1. The van der Waals surface area contributed by atoms with Crippen molar-refractivity contribution < 1.29 is 4.79 Å². The molecule has 0 aliphatic carbocycles. The Bertz CT molecular complexity index is 415. The maximum atomic E-state index is 12.1. The smallest absolute Gasteiger partial charge is 0.224 e. The standard InChI is InChI=1S/C14H24N4O/c1-9(12-5-4-6-15-8-12)7-13(19)16-14-10(2)17-18-11(14)3/h9,12,15H,4-8H2,1-3H3,(H,16,19)(H,17,18). The molecule has 0 saturated carbocycles. The van der Waals surface area contributed by atoms with Crippen LogP contribution in [0.15, 0.2) is 0 Å². The van der Waals surface area contributed by atoms with Crippen molar-refractivity contribution in [3.8, 4) is 0 Å². The Morgan fingerprint density at radius 1 is 1.53 bits per heavy atom. The zero-order valence-corrected chi connectivity index (χ0v) is 12.0. The SMILES string of the molecule is Cc1n[nH]c(C)c1NC(=O)CC(C)C1CCCNC1. The Labute approximate surface area is 114 Å². The minimum atomic E-state index is 0.0886. The number of nitrogens with one attached hydrogen (secondary N) is 3. The summed E-state index contributed by atoms with van der Waals surface area (Å²) in [5.74, 6) is 1.12. The Balaban J connectivity index is 1.87. The lowest BCUT2D eigenvalue weighted by Gasteiger charge is -2.28. The van der Waals surface area contributed by atoms with E-state index in [1.54, 1.807) is 0 Å². The molecule has 1 aromatic rings. The molecule has 0 bridgehead atoms. The fraction of sp³-hybridized carbons (Fsp3) is 0.714. The minimum Gasteiger partial charge on any atom is -0.323 e. The summed E-state index contributed by atoms with van der Waals surface area (Å²) in [4.78, 5) is 12.1. The van der Waals surface area contributed by atoms with Gasteiger partial charge in [-0.1, -0.05) is 6.92 Å². The van der Waals surface area contributed by atoms with Crippen LogP contribution in [-0.4, -0.2) is 29.2 Å². The maximum Gasteiger partial charge on any atom is 0.224 e. The van der Waals surface area contributed by atoms with Crippen molar-refractivity contribution in [1.82, 2.24) is 15.5 Å². The highest BCUT2D eigenvalue weighted by Crippen LogP contribution is 2.23. The molecule has 19 heavy (non-hydrogen) atoms. The van der Waals surface area contributed by atoms with Crippen molar-refractivity contribution in [2.75, 3.05) is 18.4 Å². The van der Waals surface area contributed by atoms with Crippen LogP contribution in [0, 0.1) is 25.7 Å². The Kier molecular flexibility index (Phi) is 4.58. The molecule has 0 spiro atoms. The number of H-pyrrole nitrogens is 1. The highest BCUT2D eigenvalue weighted by atomic mass is 16.1. The average Bonchev–Trinajstić information content (AvgIpc) is 2.71. The topological polar surface area (TPSA) is 69.8 Å². The van der Waals surface area contributed by atoms with Gasteiger partial charge in [-0.25, -0.2) is 0 Å². The second-order valence-electron chi connectivity index (χ2n) is 5.65. The van der Waals surface area contributed by atoms with Crippen LogP contribution in [0.5, 0.6) is 0 Å². The van der Waals surface area contributed by atoms with Gasteiger partial charge in [0.25, 0.3) is 0 Å². The monoisotopic (exact) mass is 264 g/mol. The minimum absolute atomic E-state index is 0.0886. The van der Waals surface area contributed by atoms with E-state index in [1.165, 1.54) is 12.8 Å². The predicted octanol–water partition coefficient (Wildman–Crippen LogP) is 1.99. The van der Waals surface area contributed by atoms with E-state index in [0.29, 0.717) is 18.3 Å². The third-order valence-electron chi connectivity index (χ3n) is 4.04. The molecule has 2 rings (SSSR count). The summed E-state index contributed by atoms with van der Waals surface area (Å²) in [7, 11) is 0. The zero-order valence-electron chi connectivity index (χ0n) is 12.0. The van der Waals surface area contributed by atoms with E-state index in [1.807, 2.05) is 13.8 Å². The van der Waals surface area contributed by atoms with Gasteiger partial charge in [-0.15, -0.1) is 0 Å². The summed E-state index contributed by atoms with van der Waals surface area (Å²) in [6.45, 7) is 8.14. The first-order valence-electron chi connectivity index (χ1n) is 7.10. The van der Waals surface area contributed by atoms with Crippen molar-refractivity contribution in [3.05, 3.63) is 11.4 Å². The van der Waals surface area contributed by atoms with Gasteiger partial charge in [0.2, 0.25) is 5.91 Å². The van der Waals surface area contributed by atoms with E-state index >= 15 is 0 Å². The van der Waals surface area contributed by atoms with Crippen LogP contribution in [0.3, 0.4) is 0 Å². The molecule has 0 radical (unpaired) electrons. The molecule has 2 heterocycles. The largest absolute Gasteiger partial charge is 0.323 e. The number of carbonyl (C=O) groups excluding carboxylic acids is 1. The molecule has 5 heteroatoms. The van der Waals surface area contributed by atoms with Crippen LogP contribution >= 0.6 is 0 Å². The zero-order chi connectivity index (χ0) is 13.8. The summed E-state index contributed by atoms with van der Waals surface area (Å²) >= 11 is 0. The van der Waals surface area contributed by atoms with Crippen molar-refractivity contribution >= 4 is 11.6 Å². The lowest BCUT2D eigenvalue weighted by atomic mass is 9.85. The molecule has 0 aromatic carbocycles. The number of aryl methyl sites for hydroxylation is 2. The lowest BCUT2D eigenvalue weighted by molar-refractivity contribution is -0.117. The maximum absolute atomic E-state index is 12.1. The van der Waals surface area contributed by atoms with Crippen LogP contribution in [-0.2, 0) is 4.79 Å². The van der Waals surface area contributed by atoms with Gasteiger partial charge in [-0.3, -0.25) is 9.89 Å². The molecule has 2 atom stereocenters. The third kappa shape index (κ3) is 3.56. The summed E-state index contributed by atoms with van der Waals surface area (Å²) in [6.07, 6.45) is 3.03. The second kappa shape index (κ2) is 6.19. The first-order chi connectivity index (χ1) is 9.08. The molecule has 1 aromatic heterocycles. The molecular formula is C14H24N4O. The van der Waals surface area contributed by atoms with E-state index in [0.717, 1.165) is 30.2 Å². The molecule has 5 nitrogen and oxygen atoms in total. The molecule has 1 aliphatic heterocycles. The third-order valence-corrected chi connectivity index (χ3v) is 4.04. The molecule has 1 aliphatic rings. The number of piperidine rings is 1. The Morgan fingerprint density at radius 3 is 2.89 bits per heavy atom. The number of nitrogens with zero attached hydrogens (tertiary/aromatic N) is 1. The molecular weight excluding hydrogens is 240 g/mol. The number of carbonyl (C=O) groups is 1. The van der Waals surface area contributed by atoms with Gasteiger partial charge in [-0.2, -0.15) is 5.10 Å². The summed E-state index contributed by atoms with van der Waals surface area (Å²) in [5, 5.41) is 13.4. The highest BCUT2D eigenvalue weighted by Gasteiger charge is 2.22. The van der Waals surface area contributed by atoms with Crippen molar-refractivity contribution in [1.29, 1.82) is 0 Å². The van der Waals surface area contributed by atoms with Crippen molar-refractivity contribution in [2.45, 2.75) is 40.0 Å². The van der Waals surface area contributed by atoms with Gasteiger partial charge in [0.05, 0.1) is 17.1 Å². The normalized spacial score (nSPS) is 21.1. The van der Waals surface area contributed by atoms with E-state index < -0.39 is 0 Å². The van der Waals surface area contributed by atoms with Gasteiger partial charge >= 0.3 is 0 Å². The molecule has 1 amide bonds. The van der Waals surface area contributed by atoms with Crippen LogP contribution in [0.1, 0.15) is 37.6 Å². The quantitative estimate of drug-likeness (QED) is 0.779. The Morgan fingerprint density at radius 2 is 2.32 bits per heavy atom. The average molecular weight is 264 g/mol. The van der Waals surface area contributed by atoms with Crippen LogP contribution in [0.25, 0.3) is 0 Å². The molecule has 1 saturated heterocycles. The van der Waals surface area contributed by atoms with Gasteiger partial charge in [0.15, 0.2) is 0 Å². The van der Waals surface area contributed by atoms with Gasteiger partial charge in [0.1, 0.15) is 0 Å². The van der Waals surface area contributed by atoms with Crippen molar-refractivity contribution in [3.63, 3.8) is 0 Å². The number of hydrogen-bond donors (Lipinski definition) is 3. The van der Waals surface area contributed by atoms with Crippen LogP contribution < -0.4 is 10.6 Å². The first-order valence-corrected chi connectivity index (χ1v) is 7.10. The van der Waals surface area contributed by atoms with Crippen LogP contribution in [0.2, 0.25) is 0 Å². The summed E-state index contributed by atoms with van der Waals surface area (Å²) in [5.41, 5.74) is 2.59. The summed E-state index contributed by atoms with van der Waals surface area (Å²) in [6, 6.07) is 0. The van der Waals surface area contributed by atoms with Gasteiger partial charge in [0, 0.05) is 6.42 Å². The van der Waals surface area contributed by atoms with Crippen molar-refractivity contribution in [2.24, 2.45) is 11.8 Å². The molecule has 106 valence electrons. The number of amides is 1. The lowest BCUT2D eigenvalue weighted by Crippen LogP contribution is -2.34. The highest BCUT2D eigenvalue weighted by molar-refractivity contribution is 5.91. The van der Waals surface area contributed by atoms with Gasteiger partial charge in [-0.05, 0) is 51.6 Å². The predicted molar refractivity (Wildman–Crippen MR) is 76.1 cm³/mol. The second-order valence-corrected chi connectivity index (χ2v) is 5.65. The van der Waals surface area contributed by atoms with Crippen LogP contribution in [0.4, 0.5) is 5.69 Å². The Hall–Kier alpha value is -1.36. The fourth-order valence-electron chi connectivity index (χ4n) is 2.75. The summed E-state index contributed by atoms with van der Waals surface area (Å²) < 4.78 is 0. The van der Waals surface area contributed by atoms with E-state index in [2.05, 4.69) is 27.8 Å². The number of aromatic amines is 1. The number of aromatic nitrogens is 2. The fourth-order valence-corrected chi connectivity index (χ4v) is 2.75.